The number of likely N-dealkylation sites (tertiary alicyclic amines) is 1. The van der Waals surface area contributed by atoms with Crippen molar-refractivity contribution in [1.82, 2.24) is 45.0 Å². The Kier molecular flexibility index (Phi) is 14.8. The van der Waals surface area contributed by atoms with E-state index in [1.807, 2.05) is 38.4 Å². The van der Waals surface area contributed by atoms with Crippen LogP contribution in [0.3, 0.4) is 0 Å². The number of amides is 4. The number of carbonyl (C=O) groups excluding carboxylic acids is 4. The van der Waals surface area contributed by atoms with Gasteiger partial charge in [-0.2, -0.15) is 0 Å². The summed E-state index contributed by atoms with van der Waals surface area (Å²) >= 11 is 1.43. The number of rotatable bonds is 12. The minimum atomic E-state index is -1.16. The minimum absolute atomic E-state index is 0.0520. The average molecular weight is 912 g/mol. The Labute approximate surface area is 388 Å². The van der Waals surface area contributed by atoms with E-state index >= 15 is 0 Å². The van der Waals surface area contributed by atoms with Crippen LogP contribution in [0.2, 0.25) is 0 Å². The van der Waals surface area contributed by atoms with E-state index in [0.717, 1.165) is 70.6 Å². The topological polar surface area (TPSA) is 154 Å². The summed E-state index contributed by atoms with van der Waals surface area (Å²) in [7, 11) is 3.37. The summed E-state index contributed by atoms with van der Waals surface area (Å²) in [5.41, 5.74) is 8.60. The molecule has 4 amide bonds. The number of aryl methyl sites for hydroxylation is 1. The standard InChI is InChI=1S/C49H69N9O6S/c1-11-55(12-2)34-25-56(26-34)47(62)54(9)43(31(4)5)45(60)52-38-23-41-51-39(27-65-41)33-17-18-40-36(22-33)37(44(57(40)13-3)35-16-14-20-50-42(35)32(6)63-10)24-48(7,8)29-64-30-49(28-59)19-15-21-58(53-49)46(38)61/h14,16-18,20,22,27-28,31-32,34,38,43,53H,11-13,15,19,21,23-26,29-30H2,1-10H3,(H,52,60)/t32-,38-,43-,49-/m0/s1. The van der Waals surface area contributed by atoms with Gasteiger partial charge in [0.1, 0.15) is 23.9 Å². The SMILES string of the molecule is CCN(CC)C1CN(C(=O)N(C)[C@H](C(=O)N[C@H]2Cc3nc(cs3)-c3ccc4c(c3)c(c(-c3cccnc3[C@H](C)OC)n4CC)CC(C)(C)COC[C@@]3(C=O)CCCN(N3)C2=O)C(C)C)C1. The summed E-state index contributed by atoms with van der Waals surface area (Å²) in [6, 6.07) is 8.74. The van der Waals surface area contributed by atoms with Crippen LogP contribution < -0.4 is 10.7 Å². The van der Waals surface area contributed by atoms with Gasteiger partial charge in [-0.25, -0.2) is 15.2 Å². The van der Waals surface area contributed by atoms with E-state index in [4.69, 9.17) is 19.4 Å². The zero-order valence-corrected chi connectivity index (χ0v) is 40.8. The molecule has 0 radical (unpaired) electrons. The molecule has 6 bridgehead atoms. The van der Waals surface area contributed by atoms with Crippen molar-refractivity contribution in [3.8, 4) is 22.5 Å². The van der Waals surface area contributed by atoms with Crippen molar-refractivity contribution in [3.05, 3.63) is 58.2 Å². The predicted molar refractivity (Wildman–Crippen MR) is 254 cm³/mol. The van der Waals surface area contributed by atoms with Crippen molar-refractivity contribution >= 4 is 46.4 Å². The number of likely N-dealkylation sites (N-methyl/N-ethyl adjacent to an activating group) is 2. The molecule has 15 nitrogen and oxygen atoms in total. The quantitative estimate of drug-likeness (QED) is 0.154. The second-order valence-corrected chi connectivity index (χ2v) is 20.1. The van der Waals surface area contributed by atoms with Gasteiger partial charge in [-0.1, -0.05) is 47.6 Å². The van der Waals surface area contributed by atoms with E-state index in [1.165, 1.54) is 21.2 Å². The number of aldehydes is 1. The lowest BCUT2D eigenvalue weighted by Crippen LogP contribution is -2.67. The first-order valence-corrected chi connectivity index (χ1v) is 24.2. The van der Waals surface area contributed by atoms with Crippen molar-refractivity contribution in [3.63, 3.8) is 0 Å². The number of hydrazine groups is 1. The molecule has 7 rings (SSSR count). The van der Waals surface area contributed by atoms with Gasteiger partial charge in [-0.15, -0.1) is 11.3 Å². The van der Waals surface area contributed by atoms with Gasteiger partial charge in [0.05, 0.1) is 41.4 Å². The number of ether oxygens (including phenoxy) is 2. The van der Waals surface area contributed by atoms with Crippen LogP contribution in [-0.2, 0) is 43.2 Å². The molecule has 1 aromatic carbocycles. The molecule has 0 spiro atoms. The zero-order valence-electron chi connectivity index (χ0n) is 40.0. The van der Waals surface area contributed by atoms with Gasteiger partial charge in [0, 0.05) is 86.4 Å². The molecule has 4 aromatic rings. The minimum Gasteiger partial charge on any atom is -0.378 e. The van der Waals surface area contributed by atoms with Crippen LogP contribution in [0.5, 0.6) is 0 Å². The van der Waals surface area contributed by atoms with Crippen LogP contribution in [0, 0.1) is 11.3 Å². The highest BCUT2D eigenvalue weighted by Crippen LogP contribution is 2.42. The number of hydrogen-bond donors (Lipinski definition) is 2. The Hall–Kier alpha value is -4.74. The van der Waals surface area contributed by atoms with Crippen molar-refractivity contribution in [2.75, 3.05) is 60.1 Å². The molecule has 2 N–H and O–H groups in total. The Bertz CT molecular complexity index is 2350. The molecular weight excluding hydrogens is 843 g/mol. The van der Waals surface area contributed by atoms with E-state index in [0.29, 0.717) is 50.5 Å². The molecule has 352 valence electrons. The summed E-state index contributed by atoms with van der Waals surface area (Å²) < 4.78 is 14.7. The van der Waals surface area contributed by atoms with E-state index < -0.39 is 23.5 Å². The van der Waals surface area contributed by atoms with Gasteiger partial charge < -0.3 is 34.0 Å². The maximum atomic E-state index is 14.7. The second kappa shape index (κ2) is 20.0. The first-order valence-electron chi connectivity index (χ1n) is 23.3. The average Bonchev–Trinajstić information content (AvgIpc) is 3.87. The van der Waals surface area contributed by atoms with Crippen LogP contribution in [-0.4, -0.2) is 142 Å². The predicted octanol–water partition coefficient (Wildman–Crippen LogP) is 6.35. The van der Waals surface area contributed by atoms with Crippen LogP contribution in [0.4, 0.5) is 4.79 Å². The van der Waals surface area contributed by atoms with Gasteiger partial charge in [-0.05, 0) is 87.4 Å². The largest absolute Gasteiger partial charge is 0.378 e. The maximum Gasteiger partial charge on any atom is 0.320 e. The number of nitrogens with one attached hydrogen (secondary N) is 2. The first-order chi connectivity index (χ1) is 31.1. The Balaban J connectivity index is 1.27. The number of urea groups is 1. The lowest BCUT2D eigenvalue weighted by Gasteiger charge is -2.47. The van der Waals surface area contributed by atoms with Crippen LogP contribution in [0.15, 0.2) is 41.9 Å². The molecule has 0 aliphatic carbocycles. The number of carbonyl (C=O) groups is 4. The van der Waals surface area contributed by atoms with E-state index in [9.17, 15) is 19.2 Å². The highest BCUT2D eigenvalue weighted by Gasteiger charge is 2.43. The highest BCUT2D eigenvalue weighted by molar-refractivity contribution is 7.10. The normalized spacial score (nSPS) is 21.5. The smallest absolute Gasteiger partial charge is 0.320 e. The van der Waals surface area contributed by atoms with Gasteiger partial charge in [0.15, 0.2) is 0 Å². The molecule has 16 heteroatoms. The first kappa shape index (κ1) is 48.2. The Morgan fingerprint density at radius 3 is 2.55 bits per heavy atom. The summed E-state index contributed by atoms with van der Waals surface area (Å²) in [6.45, 7) is 21.0. The summed E-state index contributed by atoms with van der Waals surface area (Å²) in [5, 5.41) is 8.30. The fourth-order valence-corrected chi connectivity index (χ4v) is 10.9. The summed E-state index contributed by atoms with van der Waals surface area (Å²) in [4.78, 5) is 71.7. The van der Waals surface area contributed by atoms with Gasteiger partial charge in [0.2, 0.25) is 5.91 Å². The highest BCUT2D eigenvalue weighted by atomic mass is 32.1. The van der Waals surface area contributed by atoms with Crippen molar-refractivity contribution < 1.29 is 28.7 Å². The molecule has 6 heterocycles. The molecule has 4 atom stereocenters. The van der Waals surface area contributed by atoms with Crippen LogP contribution >= 0.6 is 11.3 Å². The van der Waals surface area contributed by atoms with Crippen LogP contribution in [0.1, 0.15) is 90.6 Å². The van der Waals surface area contributed by atoms with Gasteiger partial charge in [-0.3, -0.25) is 24.5 Å². The maximum absolute atomic E-state index is 14.7. The number of pyridine rings is 1. The fraction of sp³-hybridized carbons (Fsp3) is 0.592. The number of thiazole rings is 1. The lowest BCUT2D eigenvalue weighted by atomic mass is 9.84. The molecule has 3 aliphatic rings. The summed E-state index contributed by atoms with van der Waals surface area (Å²) in [5.74, 6) is -1.07. The van der Waals surface area contributed by atoms with E-state index in [1.54, 1.807) is 19.1 Å². The molecule has 2 saturated heterocycles. The number of nitrogens with zero attached hydrogens (tertiary/aromatic N) is 7. The zero-order chi connectivity index (χ0) is 46.8. The van der Waals surface area contributed by atoms with E-state index in [-0.39, 0.29) is 48.4 Å². The number of fused-ring (bicyclic) bond motifs is 6. The molecule has 3 aromatic heterocycles. The number of benzene rings is 1. The molecule has 0 unspecified atom stereocenters. The Morgan fingerprint density at radius 2 is 1.88 bits per heavy atom. The van der Waals surface area contributed by atoms with Crippen molar-refractivity contribution in [2.24, 2.45) is 11.3 Å². The lowest BCUT2D eigenvalue weighted by molar-refractivity contribution is -0.147. The molecule has 65 heavy (non-hydrogen) atoms. The third-order valence-corrected chi connectivity index (χ3v) is 14.5. The van der Waals surface area contributed by atoms with Gasteiger partial charge >= 0.3 is 6.03 Å². The number of hydrogen-bond acceptors (Lipinski definition) is 11. The molecular formula is C49H69N9O6S. The van der Waals surface area contributed by atoms with Crippen molar-refractivity contribution in [2.45, 2.75) is 117 Å². The monoisotopic (exact) mass is 912 g/mol. The number of methoxy groups -OCH3 is 1. The fourth-order valence-electron chi connectivity index (χ4n) is 10.0. The second-order valence-electron chi connectivity index (χ2n) is 19.2. The molecule has 3 aliphatic heterocycles. The Morgan fingerprint density at radius 1 is 1.12 bits per heavy atom. The van der Waals surface area contributed by atoms with Crippen molar-refractivity contribution in [1.29, 1.82) is 0 Å². The van der Waals surface area contributed by atoms with E-state index in [2.05, 4.69) is 79.1 Å². The third-order valence-electron chi connectivity index (χ3n) is 13.6. The number of aromatic nitrogens is 3. The van der Waals surface area contributed by atoms with Gasteiger partial charge in [0.25, 0.3) is 5.91 Å². The third kappa shape index (κ3) is 9.88. The molecule has 2 fully saturated rings. The molecule has 0 saturated carbocycles. The summed E-state index contributed by atoms with van der Waals surface area (Å²) in [6.07, 6.45) is 4.22. The van der Waals surface area contributed by atoms with Crippen LogP contribution in [0.25, 0.3) is 33.4 Å².